The number of hydrogen-bond donors (Lipinski definition) is 0. The van der Waals surface area contributed by atoms with Crippen LogP contribution in [0.4, 0.5) is 0 Å². The molecule has 1 spiro atoms. The van der Waals surface area contributed by atoms with Crippen LogP contribution in [0.2, 0.25) is 0 Å². The number of rotatable bonds is 5. The molecule has 1 atom stereocenters. The molecule has 0 N–H and O–H groups in total. The van der Waals surface area contributed by atoms with Gasteiger partial charge in [-0.3, -0.25) is 9.88 Å². The fraction of sp³-hybridized carbons (Fsp3) is 0.526. The van der Waals surface area contributed by atoms with Crippen molar-refractivity contribution >= 4 is 11.3 Å². The summed E-state index contributed by atoms with van der Waals surface area (Å²) in [5.74, 6) is 0.827. The van der Waals surface area contributed by atoms with Crippen LogP contribution in [-0.4, -0.2) is 42.3 Å². The van der Waals surface area contributed by atoms with Gasteiger partial charge in [-0.2, -0.15) is 11.3 Å². The highest BCUT2D eigenvalue weighted by Crippen LogP contribution is 2.42. The SMILES string of the molecule is c1cncc(OC[C@@H]2CC3(CCN(Cc4ccsc4)CC3)CO2)c1. The minimum absolute atomic E-state index is 0.216. The molecule has 2 aliphatic rings. The number of thiophene rings is 1. The minimum atomic E-state index is 0.216. The molecule has 2 aliphatic heterocycles. The molecule has 2 aromatic heterocycles. The van der Waals surface area contributed by atoms with Gasteiger partial charge in [0.1, 0.15) is 12.4 Å². The molecule has 2 aromatic rings. The van der Waals surface area contributed by atoms with Crippen molar-refractivity contribution in [3.63, 3.8) is 0 Å². The molecule has 0 aromatic carbocycles. The molecule has 2 fully saturated rings. The number of hydrogen-bond acceptors (Lipinski definition) is 5. The molecular weight excluding hydrogens is 320 g/mol. The highest BCUT2D eigenvalue weighted by molar-refractivity contribution is 7.07. The molecular formula is C19H24N2O2S. The molecule has 4 rings (SSSR count). The number of likely N-dealkylation sites (tertiary alicyclic amines) is 1. The molecule has 0 unspecified atom stereocenters. The summed E-state index contributed by atoms with van der Waals surface area (Å²) in [6.07, 6.45) is 7.33. The lowest BCUT2D eigenvalue weighted by Crippen LogP contribution is -2.40. The lowest BCUT2D eigenvalue weighted by molar-refractivity contribution is 0.0470. The van der Waals surface area contributed by atoms with Gasteiger partial charge in [0.05, 0.1) is 18.9 Å². The van der Waals surface area contributed by atoms with E-state index in [1.54, 1.807) is 23.7 Å². The van der Waals surface area contributed by atoms with Crippen molar-refractivity contribution < 1.29 is 9.47 Å². The van der Waals surface area contributed by atoms with E-state index in [-0.39, 0.29) is 6.10 Å². The first kappa shape index (κ1) is 16.1. The minimum Gasteiger partial charge on any atom is -0.489 e. The van der Waals surface area contributed by atoms with E-state index in [2.05, 4.69) is 26.7 Å². The standard InChI is InChI=1S/C19H24N2O2S/c1-2-17(11-20-6-1)22-13-18-10-19(15-23-18)4-7-21(8-5-19)12-16-3-9-24-14-16/h1-3,6,9,11,14,18H,4-5,7-8,10,12-13,15H2/t18-/m0/s1. The third-order valence-corrected chi connectivity index (χ3v) is 5.99. The van der Waals surface area contributed by atoms with E-state index in [0.29, 0.717) is 12.0 Å². The second kappa shape index (κ2) is 7.21. The summed E-state index contributed by atoms with van der Waals surface area (Å²) in [5, 5.41) is 4.42. The van der Waals surface area contributed by atoms with Crippen molar-refractivity contribution in [2.75, 3.05) is 26.3 Å². The van der Waals surface area contributed by atoms with Crippen molar-refractivity contribution in [3.05, 3.63) is 46.9 Å². The van der Waals surface area contributed by atoms with Crippen molar-refractivity contribution in [2.24, 2.45) is 5.41 Å². The van der Waals surface area contributed by atoms with Gasteiger partial charge in [0.15, 0.2) is 0 Å². The smallest absolute Gasteiger partial charge is 0.137 e. The van der Waals surface area contributed by atoms with Crippen LogP contribution in [0.3, 0.4) is 0 Å². The fourth-order valence-electron chi connectivity index (χ4n) is 3.80. The molecule has 2 saturated heterocycles. The lowest BCUT2D eigenvalue weighted by Gasteiger charge is -2.38. The Kier molecular flexibility index (Phi) is 4.83. The second-order valence-corrected chi connectivity index (χ2v) is 7.82. The Morgan fingerprint density at radius 1 is 1.33 bits per heavy atom. The Balaban J connectivity index is 1.24. The van der Waals surface area contributed by atoms with Crippen LogP contribution in [0.15, 0.2) is 41.4 Å². The van der Waals surface area contributed by atoms with Gasteiger partial charge in [0, 0.05) is 12.7 Å². The molecule has 24 heavy (non-hydrogen) atoms. The summed E-state index contributed by atoms with van der Waals surface area (Å²) in [6, 6.07) is 6.08. The normalized spacial score (nSPS) is 23.6. The van der Waals surface area contributed by atoms with E-state index in [4.69, 9.17) is 9.47 Å². The lowest BCUT2D eigenvalue weighted by atomic mass is 9.76. The van der Waals surface area contributed by atoms with Gasteiger partial charge in [0.25, 0.3) is 0 Å². The van der Waals surface area contributed by atoms with E-state index in [9.17, 15) is 0 Å². The molecule has 0 bridgehead atoms. The van der Waals surface area contributed by atoms with Crippen molar-refractivity contribution in [2.45, 2.75) is 31.9 Å². The zero-order chi connectivity index (χ0) is 16.2. The molecule has 0 amide bonds. The van der Waals surface area contributed by atoms with Gasteiger partial charge in [-0.15, -0.1) is 0 Å². The number of aromatic nitrogens is 1. The average molecular weight is 344 g/mol. The third-order valence-electron chi connectivity index (χ3n) is 5.26. The highest BCUT2D eigenvalue weighted by atomic mass is 32.1. The Bertz CT molecular complexity index is 624. The Labute approximate surface area is 147 Å². The van der Waals surface area contributed by atoms with E-state index in [1.807, 2.05) is 12.1 Å². The Morgan fingerprint density at radius 3 is 3.00 bits per heavy atom. The molecule has 4 nitrogen and oxygen atoms in total. The summed E-state index contributed by atoms with van der Waals surface area (Å²) in [4.78, 5) is 6.66. The average Bonchev–Trinajstić information content (AvgIpc) is 3.27. The summed E-state index contributed by atoms with van der Waals surface area (Å²) in [7, 11) is 0. The van der Waals surface area contributed by atoms with E-state index >= 15 is 0 Å². The maximum absolute atomic E-state index is 6.05. The first-order valence-electron chi connectivity index (χ1n) is 8.69. The van der Waals surface area contributed by atoms with Crippen molar-refractivity contribution in [1.29, 1.82) is 0 Å². The van der Waals surface area contributed by atoms with Crippen LogP contribution < -0.4 is 4.74 Å². The van der Waals surface area contributed by atoms with Crippen LogP contribution >= 0.6 is 11.3 Å². The first-order chi connectivity index (χ1) is 11.8. The van der Waals surface area contributed by atoms with Crippen LogP contribution in [0, 0.1) is 5.41 Å². The summed E-state index contributed by atoms with van der Waals surface area (Å²) >= 11 is 1.79. The highest BCUT2D eigenvalue weighted by Gasteiger charge is 2.42. The second-order valence-electron chi connectivity index (χ2n) is 7.04. The molecule has 4 heterocycles. The zero-order valence-corrected chi connectivity index (χ0v) is 14.7. The van der Waals surface area contributed by atoms with Crippen LogP contribution in [0.1, 0.15) is 24.8 Å². The van der Waals surface area contributed by atoms with Gasteiger partial charge in [0.2, 0.25) is 0 Å². The molecule has 128 valence electrons. The van der Waals surface area contributed by atoms with Crippen molar-refractivity contribution in [3.8, 4) is 5.75 Å². The van der Waals surface area contributed by atoms with E-state index in [0.717, 1.165) is 25.3 Å². The van der Waals surface area contributed by atoms with Crippen LogP contribution in [0.25, 0.3) is 0 Å². The van der Waals surface area contributed by atoms with E-state index < -0.39 is 0 Å². The maximum atomic E-state index is 6.05. The number of piperidine rings is 1. The van der Waals surface area contributed by atoms with Crippen LogP contribution in [-0.2, 0) is 11.3 Å². The fourth-order valence-corrected chi connectivity index (χ4v) is 4.46. The predicted molar refractivity (Wildman–Crippen MR) is 95.4 cm³/mol. The Morgan fingerprint density at radius 2 is 2.25 bits per heavy atom. The maximum Gasteiger partial charge on any atom is 0.137 e. The zero-order valence-electron chi connectivity index (χ0n) is 13.9. The third kappa shape index (κ3) is 3.79. The van der Waals surface area contributed by atoms with Gasteiger partial charge >= 0.3 is 0 Å². The topological polar surface area (TPSA) is 34.6 Å². The van der Waals surface area contributed by atoms with E-state index in [1.165, 1.54) is 31.5 Å². The molecule has 0 radical (unpaired) electrons. The largest absolute Gasteiger partial charge is 0.489 e. The molecule has 0 saturated carbocycles. The van der Waals surface area contributed by atoms with Gasteiger partial charge in [-0.1, -0.05) is 0 Å². The van der Waals surface area contributed by atoms with Gasteiger partial charge in [-0.05, 0) is 72.3 Å². The van der Waals surface area contributed by atoms with Crippen molar-refractivity contribution in [1.82, 2.24) is 9.88 Å². The summed E-state index contributed by atoms with van der Waals surface area (Å²) < 4.78 is 11.9. The van der Waals surface area contributed by atoms with Gasteiger partial charge < -0.3 is 9.47 Å². The summed E-state index contributed by atoms with van der Waals surface area (Å²) in [6.45, 7) is 4.96. The monoisotopic (exact) mass is 344 g/mol. The Hall–Kier alpha value is -1.43. The van der Waals surface area contributed by atoms with Crippen LogP contribution in [0.5, 0.6) is 5.75 Å². The first-order valence-corrected chi connectivity index (χ1v) is 9.64. The predicted octanol–water partition coefficient (Wildman–Crippen LogP) is 3.59. The summed E-state index contributed by atoms with van der Waals surface area (Å²) in [5.41, 5.74) is 1.81. The molecule has 0 aliphatic carbocycles. The number of ether oxygens (including phenoxy) is 2. The number of nitrogens with zero attached hydrogens (tertiary/aromatic N) is 2. The molecule has 5 heteroatoms. The quantitative estimate of drug-likeness (QED) is 0.830. The number of pyridine rings is 1. The van der Waals surface area contributed by atoms with Gasteiger partial charge in [-0.25, -0.2) is 0 Å².